The number of benzene rings is 1. The smallest absolute Gasteiger partial charge is 0.164 e. The zero-order valence-corrected chi connectivity index (χ0v) is 25.3. The highest BCUT2D eigenvalue weighted by molar-refractivity contribution is 6.04. The van der Waals surface area contributed by atoms with Gasteiger partial charge in [-0.2, -0.15) is 0 Å². The van der Waals surface area contributed by atoms with E-state index in [-0.39, 0.29) is 10.8 Å². The van der Waals surface area contributed by atoms with Crippen LogP contribution in [0.3, 0.4) is 0 Å². The second-order valence-corrected chi connectivity index (χ2v) is 16.1. The zero-order chi connectivity index (χ0) is 27.3. The Hall–Kier alpha value is -1.63. The fourth-order valence-corrected chi connectivity index (χ4v) is 12.2. The van der Waals surface area contributed by atoms with E-state index in [0.29, 0.717) is 39.8 Å². The van der Waals surface area contributed by atoms with Crippen molar-refractivity contribution in [2.24, 2.45) is 56.7 Å². The normalized spacial score (nSPS) is 48.6. The molecular weight excluding hydrogens is 460 g/mol. The first-order valence-electron chi connectivity index (χ1n) is 15.7. The second kappa shape index (κ2) is 8.44. The Kier molecular flexibility index (Phi) is 5.90. The van der Waals surface area contributed by atoms with Crippen molar-refractivity contribution in [3.8, 4) is 0 Å². The third-order valence-electron chi connectivity index (χ3n) is 14.2. The predicted molar refractivity (Wildman–Crippen MR) is 159 cm³/mol. The lowest BCUT2D eigenvalue weighted by Crippen LogP contribution is -2.66. The first-order chi connectivity index (χ1) is 17.8. The Bertz CT molecular complexity index is 1170. The van der Waals surface area contributed by atoms with E-state index in [9.17, 15) is 4.79 Å². The molecular formula is C37H52O. The summed E-state index contributed by atoms with van der Waals surface area (Å²) in [6.45, 7) is 22.0. The predicted octanol–water partition coefficient (Wildman–Crippen LogP) is 9.93. The number of carbonyl (C=O) groups excluding carboxylic acids is 1. The van der Waals surface area contributed by atoms with Gasteiger partial charge in [0.1, 0.15) is 0 Å². The highest BCUT2D eigenvalue weighted by Crippen LogP contribution is 2.77. The van der Waals surface area contributed by atoms with Gasteiger partial charge in [0, 0.05) is 5.41 Å². The standard InChI is InChI=1S/C37H52O/c1-24(2)27-16-18-34(5)20-21-36(7)28(31(27)34)14-15-30-35(6)23-26(22-25-12-10-9-11-13-25)32(38)33(3,4)29(35)17-19-37(30,36)8/h9-13,22,27-31H,1,14-21,23H2,2-8H3/b26-22-/t27-,28+,29-,30+,31+,34+,35-,36+,37-/m0/s1. The van der Waals surface area contributed by atoms with Crippen molar-refractivity contribution >= 4 is 11.9 Å². The summed E-state index contributed by atoms with van der Waals surface area (Å²) in [5.74, 6) is 3.87. The molecule has 0 N–H and O–H groups in total. The van der Waals surface area contributed by atoms with Crippen molar-refractivity contribution in [1.29, 1.82) is 0 Å². The number of hydrogen-bond acceptors (Lipinski definition) is 1. The molecule has 5 aliphatic carbocycles. The topological polar surface area (TPSA) is 17.1 Å². The van der Waals surface area contributed by atoms with Crippen molar-refractivity contribution in [1.82, 2.24) is 0 Å². The fourth-order valence-electron chi connectivity index (χ4n) is 12.2. The second-order valence-electron chi connectivity index (χ2n) is 16.1. The van der Waals surface area contributed by atoms with Crippen LogP contribution in [0, 0.1) is 56.7 Å². The molecule has 1 aromatic carbocycles. The highest BCUT2D eigenvalue weighted by Gasteiger charge is 2.70. The molecule has 9 atom stereocenters. The minimum Gasteiger partial charge on any atom is -0.294 e. The largest absolute Gasteiger partial charge is 0.294 e. The van der Waals surface area contributed by atoms with Gasteiger partial charge in [0.25, 0.3) is 0 Å². The van der Waals surface area contributed by atoms with Gasteiger partial charge < -0.3 is 0 Å². The number of Topliss-reactive ketones (excluding diaryl/α,β-unsaturated/α-hetero) is 1. The summed E-state index contributed by atoms with van der Waals surface area (Å²) in [6, 6.07) is 10.5. The minimum absolute atomic E-state index is 0.170. The van der Waals surface area contributed by atoms with E-state index in [2.05, 4.69) is 91.5 Å². The van der Waals surface area contributed by atoms with E-state index in [1.807, 2.05) is 0 Å². The maximum Gasteiger partial charge on any atom is 0.164 e. The first kappa shape index (κ1) is 26.6. The third kappa shape index (κ3) is 3.38. The molecule has 0 radical (unpaired) electrons. The molecule has 5 saturated carbocycles. The van der Waals surface area contributed by atoms with Crippen molar-refractivity contribution < 1.29 is 4.79 Å². The fraction of sp³-hybridized carbons (Fsp3) is 0.703. The van der Waals surface area contributed by atoms with E-state index >= 15 is 0 Å². The van der Waals surface area contributed by atoms with Crippen LogP contribution in [0.4, 0.5) is 0 Å². The Morgan fingerprint density at radius 3 is 2.24 bits per heavy atom. The van der Waals surface area contributed by atoms with Crippen LogP contribution in [0.1, 0.15) is 112 Å². The van der Waals surface area contributed by atoms with Crippen LogP contribution in [0.25, 0.3) is 6.08 Å². The van der Waals surface area contributed by atoms with Gasteiger partial charge in [-0.05, 0) is 133 Å². The maximum atomic E-state index is 14.0. The number of ketones is 1. The molecule has 0 saturated heterocycles. The molecule has 0 bridgehead atoms. The molecule has 0 unspecified atom stereocenters. The van der Waals surface area contributed by atoms with Crippen LogP contribution in [0.2, 0.25) is 0 Å². The lowest BCUT2D eigenvalue weighted by Gasteiger charge is -2.72. The molecule has 1 nitrogen and oxygen atoms in total. The number of fused-ring (bicyclic) bond motifs is 7. The van der Waals surface area contributed by atoms with Gasteiger partial charge in [-0.3, -0.25) is 4.79 Å². The molecule has 0 aromatic heterocycles. The summed E-state index contributed by atoms with van der Waals surface area (Å²) in [6.07, 6.45) is 13.9. The summed E-state index contributed by atoms with van der Waals surface area (Å²) in [7, 11) is 0. The quantitative estimate of drug-likeness (QED) is 0.284. The van der Waals surface area contributed by atoms with Gasteiger partial charge in [0.05, 0.1) is 0 Å². The van der Waals surface area contributed by atoms with Crippen molar-refractivity contribution in [3.05, 3.63) is 53.6 Å². The molecule has 0 amide bonds. The van der Waals surface area contributed by atoms with Crippen LogP contribution in [0.5, 0.6) is 0 Å². The number of rotatable bonds is 2. The summed E-state index contributed by atoms with van der Waals surface area (Å²) in [5, 5.41) is 0. The molecule has 5 aliphatic rings. The van der Waals surface area contributed by atoms with Gasteiger partial charge in [-0.1, -0.05) is 84.0 Å². The van der Waals surface area contributed by atoms with Crippen molar-refractivity contribution in [2.75, 3.05) is 0 Å². The summed E-state index contributed by atoms with van der Waals surface area (Å²) < 4.78 is 0. The van der Waals surface area contributed by atoms with Crippen LogP contribution >= 0.6 is 0 Å². The van der Waals surface area contributed by atoms with Crippen molar-refractivity contribution in [2.45, 2.75) is 106 Å². The molecule has 0 heterocycles. The van der Waals surface area contributed by atoms with Crippen LogP contribution < -0.4 is 0 Å². The Labute approximate surface area is 232 Å². The van der Waals surface area contributed by atoms with Crippen LogP contribution in [0.15, 0.2) is 48.1 Å². The van der Waals surface area contributed by atoms with Gasteiger partial charge in [-0.25, -0.2) is 0 Å². The number of hydrogen-bond donors (Lipinski definition) is 0. The SMILES string of the molecule is C=C(C)[C@@H]1CC[C@]2(C)CC[C@]3(C)[C@H](CC[C@@H]4[C@@]5(C)C/C(=C/c6ccccc6)C(=O)C(C)(C)[C@@H]5CC[C@@]43C)[C@@H]12. The molecule has 6 rings (SSSR count). The Morgan fingerprint density at radius 1 is 0.842 bits per heavy atom. The Balaban J connectivity index is 1.41. The van der Waals surface area contributed by atoms with E-state index in [0.717, 1.165) is 23.8 Å². The molecule has 38 heavy (non-hydrogen) atoms. The van der Waals surface area contributed by atoms with E-state index in [1.165, 1.54) is 62.5 Å². The highest BCUT2D eigenvalue weighted by atomic mass is 16.1. The Morgan fingerprint density at radius 2 is 1.55 bits per heavy atom. The van der Waals surface area contributed by atoms with Crippen LogP contribution in [-0.2, 0) is 4.79 Å². The lowest BCUT2D eigenvalue weighted by atomic mass is 9.32. The van der Waals surface area contributed by atoms with E-state index < -0.39 is 0 Å². The van der Waals surface area contributed by atoms with E-state index in [4.69, 9.17) is 0 Å². The maximum absolute atomic E-state index is 14.0. The van der Waals surface area contributed by atoms with Gasteiger partial charge in [0.2, 0.25) is 0 Å². The molecule has 0 aliphatic heterocycles. The zero-order valence-electron chi connectivity index (χ0n) is 25.3. The monoisotopic (exact) mass is 512 g/mol. The summed E-state index contributed by atoms with van der Waals surface area (Å²) in [4.78, 5) is 14.0. The van der Waals surface area contributed by atoms with Gasteiger partial charge in [-0.15, -0.1) is 0 Å². The molecule has 206 valence electrons. The molecule has 1 heteroatoms. The molecule has 0 spiro atoms. The van der Waals surface area contributed by atoms with E-state index in [1.54, 1.807) is 0 Å². The van der Waals surface area contributed by atoms with Crippen LogP contribution in [-0.4, -0.2) is 5.78 Å². The number of allylic oxidation sites excluding steroid dienone is 2. The lowest BCUT2D eigenvalue weighted by molar-refractivity contribution is -0.228. The average Bonchev–Trinajstić information content (AvgIpc) is 3.21. The number of carbonyl (C=O) groups is 1. The van der Waals surface area contributed by atoms with Gasteiger partial charge >= 0.3 is 0 Å². The minimum atomic E-state index is -0.297. The molecule has 1 aromatic rings. The van der Waals surface area contributed by atoms with Gasteiger partial charge in [0.15, 0.2) is 5.78 Å². The summed E-state index contributed by atoms with van der Waals surface area (Å²) >= 11 is 0. The average molecular weight is 513 g/mol. The molecule has 5 fully saturated rings. The third-order valence-corrected chi connectivity index (χ3v) is 14.2. The summed E-state index contributed by atoms with van der Waals surface area (Å²) in [5.41, 5.74) is 4.77. The van der Waals surface area contributed by atoms with Crippen molar-refractivity contribution in [3.63, 3.8) is 0 Å². The first-order valence-corrected chi connectivity index (χ1v) is 15.7.